The zero-order chi connectivity index (χ0) is 23.9. The molecule has 7 heteroatoms. The topological polar surface area (TPSA) is 71.2 Å². The number of hydrogen-bond acceptors (Lipinski definition) is 3. The number of hydrogen-bond donors (Lipinski definition) is 1. The van der Waals surface area contributed by atoms with Gasteiger partial charge in [0.1, 0.15) is 5.82 Å². The molecule has 1 atom stereocenters. The number of likely N-dealkylation sites (N-methyl/N-ethyl adjacent to an activating group) is 1. The smallest absolute Gasteiger partial charge is 0.307 e. The minimum absolute atomic E-state index is 0.00356. The summed E-state index contributed by atoms with van der Waals surface area (Å²) in [6, 6.07) is 12.1. The van der Waals surface area contributed by atoms with E-state index >= 15 is 0 Å². The average Bonchev–Trinajstić information content (AvgIpc) is 3.16. The van der Waals surface area contributed by atoms with Crippen LogP contribution in [0.25, 0.3) is 5.52 Å². The van der Waals surface area contributed by atoms with Crippen LogP contribution in [0.5, 0.6) is 0 Å². The number of rotatable bonds is 5. The van der Waals surface area contributed by atoms with Crippen LogP contribution in [0.4, 0.5) is 4.39 Å². The molecule has 1 N–H and O–H groups in total. The Morgan fingerprint density at radius 3 is 2.62 bits per heavy atom. The SMILES string of the molecule is CN(C(=O)C1(c2ccc(F)cc2)CCOCC1)[C@@H]1CCc2c(CC(=O)O)c3ccccn3c2C1. The Hall–Kier alpha value is -3.19. The van der Waals surface area contributed by atoms with Gasteiger partial charge < -0.3 is 19.1 Å². The highest BCUT2D eigenvalue weighted by atomic mass is 19.1. The van der Waals surface area contributed by atoms with Crippen molar-refractivity contribution in [3.63, 3.8) is 0 Å². The van der Waals surface area contributed by atoms with Gasteiger partial charge in [0.25, 0.3) is 0 Å². The number of carboxylic acids is 1. The van der Waals surface area contributed by atoms with Crippen LogP contribution in [0.3, 0.4) is 0 Å². The second kappa shape index (κ2) is 8.87. The van der Waals surface area contributed by atoms with E-state index in [0.29, 0.717) is 32.5 Å². The third kappa shape index (κ3) is 3.78. The van der Waals surface area contributed by atoms with E-state index < -0.39 is 11.4 Å². The molecule has 0 unspecified atom stereocenters. The highest BCUT2D eigenvalue weighted by Crippen LogP contribution is 2.39. The zero-order valence-corrected chi connectivity index (χ0v) is 19.3. The van der Waals surface area contributed by atoms with Crippen molar-refractivity contribution in [1.29, 1.82) is 0 Å². The van der Waals surface area contributed by atoms with E-state index in [1.54, 1.807) is 12.1 Å². The van der Waals surface area contributed by atoms with Gasteiger partial charge in [-0.3, -0.25) is 9.59 Å². The van der Waals surface area contributed by atoms with Gasteiger partial charge in [0.15, 0.2) is 0 Å². The first-order valence-electron chi connectivity index (χ1n) is 11.8. The van der Waals surface area contributed by atoms with E-state index in [0.717, 1.165) is 40.7 Å². The van der Waals surface area contributed by atoms with Gasteiger partial charge in [-0.2, -0.15) is 0 Å². The number of pyridine rings is 1. The Morgan fingerprint density at radius 2 is 1.91 bits per heavy atom. The summed E-state index contributed by atoms with van der Waals surface area (Å²) in [5, 5.41) is 9.46. The molecule has 3 heterocycles. The van der Waals surface area contributed by atoms with Crippen LogP contribution in [-0.2, 0) is 39.0 Å². The minimum atomic E-state index is -0.839. The second-order valence-corrected chi connectivity index (χ2v) is 9.44. The molecule has 5 rings (SSSR count). The van der Waals surface area contributed by atoms with Crippen LogP contribution in [-0.4, -0.2) is 52.6 Å². The molecule has 0 saturated carbocycles. The quantitative estimate of drug-likeness (QED) is 0.624. The maximum absolute atomic E-state index is 14.0. The van der Waals surface area contributed by atoms with Gasteiger partial charge in [-0.25, -0.2) is 4.39 Å². The largest absolute Gasteiger partial charge is 0.481 e. The maximum Gasteiger partial charge on any atom is 0.307 e. The van der Waals surface area contributed by atoms with E-state index in [4.69, 9.17) is 4.74 Å². The molecule has 1 aliphatic heterocycles. The molecule has 1 aromatic carbocycles. The number of amides is 1. The van der Waals surface area contributed by atoms with Crippen molar-refractivity contribution >= 4 is 17.4 Å². The van der Waals surface area contributed by atoms with Gasteiger partial charge >= 0.3 is 5.97 Å². The number of carbonyl (C=O) groups excluding carboxylic acids is 1. The Bertz CT molecular complexity index is 1230. The predicted molar refractivity (Wildman–Crippen MR) is 125 cm³/mol. The fourth-order valence-corrected chi connectivity index (χ4v) is 5.85. The summed E-state index contributed by atoms with van der Waals surface area (Å²) >= 11 is 0. The van der Waals surface area contributed by atoms with Crippen LogP contribution in [0.15, 0.2) is 48.7 Å². The molecule has 1 aliphatic carbocycles. The molecule has 0 bridgehead atoms. The number of nitrogens with zero attached hydrogens (tertiary/aromatic N) is 2. The molecule has 1 amide bonds. The third-order valence-electron chi connectivity index (χ3n) is 7.68. The summed E-state index contributed by atoms with van der Waals surface area (Å²) in [5.41, 5.74) is 4.11. The molecule has 2 aliphatic rings. The summed E-state index contributed by atoms with van der Waals surface area (Å²) in [6.45, 7) is 0.987. The fourth-order valence-electron chi connectivity index (χ4n) is 5.85. The van der Waals surface area contributed by atoms with Crippen molar-refractivity contribution in [2.24, 2.45) is 0 Å². The molecule has 1 fully saturated rings. The Labute approximate surface area is 197 Å². The van der Waals surface area contributed by atoms with Gasteiger partial charge in [0.05, 0.1) is 11.8 Å². The zero-order valence-electron chi connectivity index (χ0n) is 19.3. The number of halogens is 1. The summed E-state index contributed by atoms with van der Waals surface area (Å²) in [6.07, 6.45) is 5.27. The average molecular weight is 465 g/mol. The molecule has 0 radical (unpaired) electrons. The van der Waals surface area contributed by atoms with Gasteiger partial charge in [-0.15, -0.1) is 0 Å². The van der Waals surface area contributed by atoms with E-state index in [-0.39, 0.29) is 24.2 Å². The van der Waals surface area contributed by atoms with Gasteiger partial charge in [0.2, 0.25) is 5.91 Å². The molecule has 6 nitrogen and oxygen atoms in total. The number of fused-ring (bicyclic) bond motifs is 3. The Morgan fingerprint density at radius 1 is 1.18 bits per heavy atom. The number of aliphatic carboxylic acids is 1. The molecule has 34 heavy (non-hydrogen) atoms. The summed E-state index contributed by atoms with van der Waals surface area (Å²) in [5.74, 6) is -1.11. The third-order valence-corrected chi connectivity index (χ3v) is 7.68. The number of aromatic nitrogens is 1. The lowest BCUT2D eigenvalue weighted by molar-refractivity contribution is -0.142. The summed E-state index contributed by atoms with van der Waals surface area (Å²) in [4.78, 5) is 27.4. The number of carboxylic acid groups (broad SMARTS) is 1. The van der Waals surface area contributed by atoms with Crippen molar-refractivity contribution in [3.05, 3.63) is 76.9 Å². The van der Waals surface area contributed by atoms with Crippen LogP contribution >= 0.6 is 0 Å². The molecule has 2 aromatic heterocycles. The normalized spacial score (nSPS) is 19.5. The lowest BCUT2D eigenvalue weighted by Gasteiger charge is -2.42. The van der Waals surface area contributed by atoms with E-state index in [1.807, 2.05) is 36.3 Å². The monoisotopic (exact) mass is 464 g/mol. The first kappa shape index (κ1) is 22.6. The standard InChI is InChI=1S/C27H29FN2O4/c1-29(26(33)27(11-14-34-15-12-27)18-5-7-19(28)8-6-18)20-9-10-21-22(17-25(31)32)23-4-2-3-13-30(23)24(21)16-20/h2-8,13,20H,9-12,14-17H2,1H3,(H,31,32)/t20-/m1/s1. The second-order valence-electron chi connectivity index (χ2n) is 9.44. The molecular formula is C27H29FN2O4. The lowest BCUT2D eigenvalue weighted by Crippen LogP contribution is -2.52. The van der Waals surface area contributed by atoms with Crippen LogP contribution in [0, 0.1) is 5.82 Å². The van der Waals surface area contributed by atoms with Crippen molar-refractivity contribution in [3.8, 4) is 0 Å². The Kier molecular flexibility index (Phi) is 5.90. The van der Waals surface area contributed by atoms with Crippen LogP contribution < -0.4 is 0 Å². The molecule has 3 aromatic rings. The maximum atomic E-state index is 14.0. The van der Waals surface area contributed by atoms with E-state index in [1.165, 1.54) is 12.1 Å². The van der Waals surface area contributed by atoms with Gasteiger partial charge in [-0.1, -0.05) is 18.2 Å². The van der Waals surface area contributed by atoms with E-state index in [2.05, 4.69) is 4.40 Å². The van der Waals surface area contributed by atoms with Crippen molar-refractivity contribution < 1.29 is 23.8 Å². The van der Waals surface area contributed by atoms with Crippen molar-refractivity contribution in [2.75, 3.05) is 20.3 Å². The van der Waals surface area contributed by atoms with Crippen molar-refractivity contribution in [1.82, 2.24) is 9.30 Å². The molecule has 0 spiro atoms. The fraction of sp³-hybridized carbons (Fsp3) is 0.407. The van der Waals surface area contributed by atoms with Crippen molar-refractivity contribution in [2.45, 2.75) is 50.0 Å². The van der Waals surface area contributed by atoms with Gasteiger partial charge in [-0.05, 0) is 66.6 Å². The molecule has 178 valence electrons. The lowest BCUT2D eigenvalue weighted by atomic mass is 9.72. The number of ether oxygens (including phenoxy) is 1. The minimum Gasteiger partial charge on any atom is -0.481 e. The highest BCUT2D eigenvalue weighted by Gasteiger charge is 2.45. The van der Waals surface area contributed by atoms with Crippen LogP contribution in [0.2, 0.25) is 0 Å². The molecule has 1 saturated heterocycles. The van der Waals surface area contributed by atoms with Crippen LogP contribution in [0.1, 0.15) is 41.6 Å². The Balaban J connectivity index is 1.47. The first-order chi connectivity index (χ1) is 16.4. The highest BCUT2D eigenvalue weighted by molar-refractivity contribution is 5.88. The summed E-state index contributed by atoms with van der Waals surface area (Å²) < 4.78 is 21.3. The summed E-state index contributed by atoms with van der Waals surface area (Å²) in [7, 11) is 1.87. The first-order valence-corrected chi connectivity index (χ1v) is 11.8. The number of carbonyl (C=O) groups is 2. The molecular weight excluding hydrogens is 435 g/mol. The predicted octanol–water partition coefficient (Wildman–Crippen LogP) is 3.77. The van der Waals surface area contributed by atoms with Gasteiger partial charge in [0, 0.05) is 50.1 Å². The number of benzene rings is 1. The van der Waals surface area contributed by atoms with E-state index in [9.17, 15) is 19.1 Å².